The zero-order chi connectivity index (χ0) is 70.7. The van der Waals surface area contributed by atoms with Crippen molar-refractivity contribution >= 4 is 40.4 Å². The van der Waals surface area contributed by atoms with Gasteiger partial charge in [0.25, 0.3) is 0 Å². The highest BCUT2D eigenvalue weighted by atomic mass is 16.7. The molecular weight excluding hydrogens is 1310 g/mol. The van der Waals surface area contributed by atoms with Crippen LogP contribution in [0.15, 0.2) is 244 Å². The van der Waals surface area contributed by atoms with Crippen LogP contribution in [0.3, 0.4) is 0 Å². The van der Waals surface area contributed by atoms with Gasteiger partial charge in [0.1, 0.15) is 84.8 Å². The van der Waals surface area contributed by atoms with Crippen LogP contribution in [0.2, 0.25) is 0 Å². The van der Waals surface area contributed by atoms with E-state index in [0.717, 1.165) is 44.5 Å². The van der Waals surface area contributed by atoms with E-state index in [-0.39, 0.29) is 75.2 Å². The molecule has 6 atom stereocenters. The monoisotopic (exact) mass is 1390 g/mol. The molecule has 14 rings (SSSR count). The summed E-state index contributed by atoms with van der Waals surface area (Å²) in [6, 6.07) is 69.9. The summed E-state index contributed by atoms with van der Waals surface area (Å²) in [7, 11) is 6.48. The fraction of sp³-hybridized carbons (Fsp3) is 0.237. The van der Waals surface area contributed by atoms with Gasteiger partial charge in [-0.05, 0) is 93.0 Å². The average molecular weight is 1390 g/mol. The minimum atomic E-state index is -1.26. The lowest BCUT2D eigenvalue weighted by molar-refractivity contribution is -0.0981. The highest BCUT2D eigenvalue weighted by molar-refractivity contribution is 5.80. The number of imidazole rings is 2. The Morgan fingerprint density at radius 1 is 0.505 bits per heavy atom. The van der Waals surface area contributed by atoms with Crippen molar-refractivity contribution in [3.8, 4) is 34.8 Å². The second-order valence-electron chi connectivity index (χ2n) is 24.5. The highest BCUT2D eigenvalue weighted by Crippen LogP contribution is 2.46. The lowest BCUT2D eigenvalue weighted by Gasteiger charge is -2.37. The molecule has 0 bridgehead atoms. The number of hydrogen-bond acceptors (Lipinski definition) is 21. The van der Waals surface area contributed by atoms with Gasteiger partial charge in [-0.25, -0.2) is 14.8 Å². The fourth-order valence-electron chi connectivity index (χ4n) is 13.1. The van der Waals surface area contributed by atoms with Gasteiger partial charge in [0, 0.05) is 12.8 Å². The molecule has 0 unspecified atom stereocenters. The molecule has 2 aliphatic heterocycles. The van der Waals surface area contributed by atoms with E-state index in [1.54, 1.807) is 50.2 Å². The molecule has 23 heteroatoms. The van der Waals surface area contributed by atoms with Crippen molar-refractivity contribution in [3.63, 3.8) is 0 Å². The number of nitrogens with zero attached hydrogens (tertiary/aromatic N) is 8. The van der Waals surface area contributed by atoms with Crippen LogP contribution in [0.25, 0.3) is 22.3 Å². The first kappa shape index (κ1) is 68.4. The third kappa shape index (κ3) is 14.5. The van der Waals surface area contributed by atoms with Gasteiger partial charge in [-0.15, -0.1) is 0 Å². The first-order valence-electron chi connectivity index (χ1n) is 33.6. The minimum Gasteiger partial charge on any atom is -0.497 e. The molecule has 103 heavy (non-hydrogen) atoms. The maximum atomic E-state index is 13.6. The molecule has 4 aromatic heterocycles. The van der Waals surface area contributed by atoms with Crippen LogP contribution in [0.4, 0.5) is 16.7 Å². The van der Waals surface area contributed by atoms with Crippen molar-refractivity contribution in [1.29, 1.82) is 0 Å². The van der Waals surface area contributed by atoms with Crippen LogP contribution in [-0.4, -0.2) is 123 Å². The summed E-state index contributed by atoms with van der Waals surface area (Å²) >= 11 is 0. The Morgan fingerprint density at radius 2 is 0.874 bits per heavy atom. The first-order chi connectivity index (χ1) is 50.5. The summed E-state index contributed by atoms with van der Waals surface area (Å²) < 4.78 is 79.0. The van der Waals surface area contributed by atoms with E-state index in [0.29, 0.717) is 39.7 Å². The Labute approximate surface area is 594 Å². The van der Waals surface area contributed by atoms with Gasteiger partial charge >= 0.3 is 6.16 Å². The highest BCUT2D eigenvalue weighted by Gasteiger charge is 2.46. The number of carbonyl (C=O) groups is 1. The van der Waals surface area contributed by atoms with Crippen LogP contribution in [0.1, 0.15) is 69.8 Å². The second-order valence-corrected chi connectivity index (χ2v) is 24.5. The number of carbonyl (C=O) groups excluding carboxylic acids is 1. The lowest BCUT2D eigenvalue weighted by Crippen LogP contribution is -2.39. The summed E-state index contributed by atoms with van der Waals surface area (Å²) in [5.41, 5.74) is 5.34. The molecule has 6 heterocycles. The second kappa shape index (κ2) is 31.0. The molecule has 2 aliphatic rings. The number of ether oxygens (including phenoxy) is 12. The fourth-order valence-corrected chi connectivity index (χ4v) is 13.1. The SMILES string of the molecule is C=CCOC(=O)O[C@H]1C[C@H](n2cnc3c(OCc4ccccc4)nc(Nc4nc(OCc5ccccc5)c5ncn([C@H]6C[C@H](O)[C@@H](COC(c7ccccc7)(c7ccc(OC)cc7)c7ccc(OC)cc7)O6)c5n4)nc32)O[C@@H]1COC(c1ccccc1)(c1ccc(OC)cc1)c1ccc(OC)cc1. The topological polar surface area (TPSA) is 247 Å². The van der Waals surface area contributed by atoms with E-state index < -0.39 is 54.2 Å². The average Bonchev–Trinajstić information content (AvgIpc) is 1.22. The van der Waals surface area contributed by atoms with Gasteiger partial charge in [-0.3, -0.25) is 14.5 Å². The molecule has 0 radical (unpaired) electrons. The molecule has 12 aromatic rings. The van der Waals surface area contributed by atoms with Crippen molar-refractivity contribution in [2.24, 2.45) is 0 Å². The lowest BCUT2D eigenvalue weighted by atomic mass is 9.80. The van der Waals surface area contributed by atoms with E-state index in [2.05, 4.69) is 11.9 Å². The molecule has 0 amide bonds. The van der Waals surface area contributed by atoms with Gasteiger partial charge in [-0.2, -0.15) is 19.9 Å². The van der Waals surface area contributed by atoms with Crippen LogP contribution in [0.5, 0.6) is 34.8 Å². The number of benzene rings is 8. The van der Waals surface area contributed by atoms with E-state index in [9.17, 15) is 9.90 Å². The number of rotatable bonds is 29. The summed E-state index contributed by atoms with van der Waals surface area (Å²) in [6.07, 6.45) is -1.46. The Balaban J connectivity index is 0.808. The number of methoxy groups -OCH3 is 4. The van der Waals surface area contributed by atoms with Gasteiger partial charge < -0.3 is 61.9 Å². The van der Waals surface area contributed by atoms with Crippen LogP contribution in [0, 0.1) is 0 Å². The molecule has 524 valence electrons. The molecule has 23 nitrogen and oxygen atoms in total. The maximum Gasteiger partial charge on any atom is 0.508 e. The Hall–Kier alpha value is -11.7. The third-order valence-corrected chi connectivity index (χ3v) is 18.3. The number of aliphatic hydroxyl groups excluding tert-OH is 1. The smallest absolute Gasteiger partial charge is 0.497 e. The minimum absolute atomic E-state index is 0.00224. The van der Waals surface area contributed by atoms with Crippen molar-refractivity contribution in [2.75, 3.05) is 53.6 Å². The van der Waals surface area contributed by atoms with Crippen molar-refractivity contribution in [2.45, 2.75) is 74.1 Å². The number of aliphatic hydroxyl groups is 1. The standard InChI is InChI=1S/C80H75N9O14/c1-6-43-96-78(91)103-65-45-69(102-67(65)49-100-80(55-25-17-10-18-26-55,58-31-39-62(94-4)40-32-58)59-33-41-63(95-5)42-34-59)89-51-82-71-73(89)84-77(86-75(71)98-47-53-21-13-8-14-22-53)87-76-83-72-70(74(85-76)97-46-52-19-11-7-12-20-52)81-50-88(72)68-44-64(90)66(101-68)48-99-79(54-23-15-9-16-24-54,56-27-35-60(92-2)36-28-56)57-29-37-61(93-3)38-30-57/h6-42,50-51,64-69,90H,1,43-49H2,2-5H3,(H,83,84,85,86,87)/t64-,65-,66+,67+,68+,69+/m0/s1. The Morgan fingerprint density at radius 3 is 1.27 bits per heavy atom. The molecule has 2 saturated heterocycles. The molecule has 8 aromatic carbocycles. The largest absolute Gasteiger partial charge is 0.508 e. The molecule has 2 fully saturated rings. The molecule has 0 spiro atoms. The number of fused-ring (bicyclic) bond motifs is 2. The zero-order valence-corrected chi connectivity index (χ0v) is 57.0. The van der Waals surface area contributed by atoms with Crippen LogP contribution >= 0.6 is 0 Å². The summed E-state index contributed by atoms with van der Waals surface area (Å²) in [5, 5.41) is 15.4. The van der Waals surface area contributed by atoms with Crippen LogP contribution in [-0.2, 0) is 52.8 Å². The summed E-state index contributed by atoms with van der Waals surface area (Å²) in [4.78, 5) is 43.3. The van der Waals surface area contributed by atoms with Crippen molar-refractivity contribution in [1.82, 2.24) is 39.0 Å². The van der Waals surface area contributed by atoms with Crippen molar-refractivity contribution in [3.05, 3.63) is 288 Å². The molecule has 0 aliphatic carbocycles. The molecule has 0 saturated carbocycles. The number of hydrogen-bond donors (Lipinski definition) is 2. The zero-order valence-electron chi connectivity index (χ0n) is 57.0. The number of aromatic nitrogens is 8. The first-order valence-corrected chi connectivity index (χ1v) is 33.6. The number of nitrogens with one attached hydrogen (secondary N) is 1. The normalized spacial score (nSPS) is 17.4. The van der Waals surface area contributed by atoms with Gasteiger partial charge in [0.15, 0.2) is 22.3 Å². The predicted octanol–water partition coefficient (Wildman–Crippen LogP) is 13.6. The maximum absolute atomic E-state index is 13.6. The summed E-state index contributed by atoms with van der Waals surface area (Å²) in [5.74, 6) is 2.93. The molecular formula is C80H75N9O14. The van der Waals surface area contributed by atoms with E-state index >= 15 is 0 Å². The Kier molecular flexibility index (Phi) is 20.6. The Bertz CT molecular complexity index is 4710. The predicted molar refractivity (Wildman–Crippen MR) is 381 cm³/mol. The third-order valence-electron chi connectivity index (χ3n) is 18.3. The van der Waals surface area contributed by atoms with Gasteiger partial charge in [0.2, 0.25) is 23.7 Å². The number of anilines is 2. The van der Waals surface area contributed by atoms with Crippen LogP contribution < -0.4 is 33.7 Å². The quantitative estimate of drug-likeness (QED) is 0.0251. The van der Waals surface area contributed by atoms with Gasteiger partial charge in [-0.1, -0.05) is 183 Å². The summed E-state index contributed by atoms with van der Waals surface area (Å²) in [6.45, 7) is 3.71. The van der Waals surface area contributed by atoms with E-state index in [1.165, 1.54) is 6.08 Å². The van der Waals surface area contributed by atoms with Gasteiger partial charge in [0.05, 0.1) is 60.4 Å². The molecule has 2 N–H and O–H groups in total. The van der Waals surface area contributed by atoms with E-state index in [1.807, 2.05) is 218 Å². The van der Waals surface area contributed by atoms with E-state index in [4.69, 9.17) is 86.7 Å². The van der Waals surface area contributed by atoms with Crippen molar-refractivity contribution < 1.29 is 66.7 Å².